The van der Waals surface area contributed by atoms with Crippen molar-refractivity contribution in [2.75, 3.05) is 65.7 Å². The van der Waals surface area contributed by atoms with Gasteiger partial charge in [0.05, 0.1) is 52.6 Å². The summed E-state index contributed by atoms with van der Waals surface area (Å²) in [5.74, 6) is -1.81. The van der Waals surface area contributed by atoms with Gasteiger partial charge in [0.2, 0.25) is 0 Å². The SMILES string of the molecule is CCCOC(=O)CN(CCN(CC(=O)OCCC)CC(=O)OCCC)CC(=O)OCCC. The maximum atomic E-state index is 12.1. The van der Waals surface area contributed by atoms with E-state index in [1.165, 1.54) is 0 Å². The van der Waals surface area contributed by atoms with Crippen molar-refractivity contribution in [3.63, 3.8) is 0 Å². The van der Waals surface area contributed by atoms with Gasteiger partial charge in [-0.3, -0.25) is 29.0 Å². The first-order valence-corrected chi connectivity index (χ1v) is 11.4. The van der Waals surface area contributed by atoms with E-state index in [0.717, 1.165) is 0 Å². The van der Waals surface area contributed by atoms with Gasteiger partial charge in [-0.05, 0) is 25.7 Å². The van der Waals surface area contributed by atoms with E-state index in [1.54, 1.807) is 9.80 Å². The average molecular weight is 461 g/mol. The first kappa shape index (κ1) is 29.8. The van der Waals surface area contributed by atoms with Crippen LogP contribution in [0.4, 0.5) is 0 Å². The molecule has 0 N–H and O–H groups in total. The van der Waals surface area contributed by atoms with Crippen molar-refractivity contribution in [1.82, 2.24) is 9.80 Å². The van der Waals surface area contributed by atoms with E-state index in [1.807, 2.05) is 27.7 Å². The number of hydrogen-bond acceptors (Lipinski definition) is 10. The average Bonchev–Trinajstić information content (AvgIpc) is 2.76. The Morgan fingerprint density at radius 2 is 0.688 bits per heavy atom. The molecule has 0 rings (SSSR count). The van der Waals surface area contributed by atoms with E-state index >= 15 is 0 Å². The first-order valence-electron chi connectivity index (χ1n) is 11.4. The largest absolute Gasteiger partial charge is 0.465 e. The first-order chi connectivity index (χ1) is 15.4. The molecule has 0 aliphatic carbocycles. The summed E-state index contributed by atoms with van der Waals surface area (Å²) in [5.41, 5.74) is 0. The molecule has 0 heterocycles. The van der Waals surface area contributed by atoms with Crippen LogP contribution in [0, 0.1) is 0 Å². The van der Waals surface area contributed by atoms with E-state index in [9.17, 15) is 19.2 Å². The van der Waals surface area contributed by atoms with Crippen molar-refractivity contribution in [2.45, 2.75) is 53.4 Å². The summed E-state index contributed by atoms with van der Waals surface area (Å²) in [4.78, 5) is 51.4. The van der Waals surface area contributed by atoms with Crippen LogP contribution in [-0.4, -0.2) is 99.4 Å². The molecule has 10 nitrogen and oxygen atoms in total. The predicted octanol–water partition coefficient (Wildman–Crippen LogP) is 1.40. The summed E-state index contributed by atoms with van der Waals surface area (Å²) < 4.78 is 20.5. The third kappa shape index (κ3) is 16.5. The molecular weight excluding hydrogens is 420 g/mol. The lowest BCUT2D eigenvalue weighted by Crippen LogP contribution is -2.44. The van der Waals surface area contributed by atoms with Crippen LogP contribution in [0.1, 0.15) is 53.4 Å². The number of nitrogens with zero attached hydrogens (tertiary/aromatic N) is 2. The zero-order chi connectivity index (χ0) is 24.2. The minimum absolute atomic E-state index is 0.102. The summed E-state index contributed by atoms with van der Waals surface area (Å²) in [7, 11) is 0. The molecule has 0 aromatic rings. The van der Waals surface area contributed by atoms with Gasteiger partial charge in [0.1, 0.15) is 0 Å². The molecule has 0 atom stereocenters. The number of rotatable bonds is 19. The topological polar surface area (TPSA) is 112 Å². The van der Waals surface area contributed by atoms with Gasteiger partial charge in [0.15, 0.2) is 0 Å². The Bertz CT molecular complexity index is 464. The van der Waals surface area contributed by atoms with Crippen molar-refractivity contribution in [2.24, 2.45) is 0 Å². The third-order valence-corrected chi connectivity index (χ3v) is 4.01. The lowest BCUT2D eigenvalue weighted by molar-refractivity contribution is -0.152. The second-order valence-corrected chi connectivity index (χ2v) is 7.30. The quantitative estimate of drug-likeness (QED) is 0.207. The third-order valence-electron chi connectivity index (χ3n) is 4.01. The van der Waals surface area contributed by atoms with Crippen LogP contribution in [0.5, 0.6) is 0 Å². The monoisotopic (exact) mass is 460 g/mol. The Balaban J connectivity index is 5.06. The second-order valence-electron chi connectivity index (χ2n) is 7.30. The van der Waals surface area contributed by atoms with Gasteiger partial charge < -0.3 is 18.9 Å². The van der Waals surface area contributed by atoms with Gasteiger partial charge in [-0.25, -0.2) is 0 Å². The molecule has 0 unspecified atom stereocenters. The number of carbonyl (C=O) groups excluding carboxylic acids is 4. The fraction of sp³-hybridized carbons (Fsp3) is 0.818. The van der Waals surface area contributed by atoms with Gasteiger partial charge in [0.25, 0.3) is 0 Å². The predicted molar refractivity (Wildman–Crippen MR) is 118 cm³/mol. The summed E-state index contributed by atoms with van der Waals surface area (Å²) in [5, 5.41) is 0. The van der Waals surface area contributed by atoms with Crippen LogP contribution in [0.3, 0.4) is 0 Å². The number of esters is 4. The van der Waals surface area contributed by atoms with Crippen molar-refractivity contribution >= 4 is 23.9 Å². The number of ether oxygens (including phenoxy) is 4. The Kier molecular flexibility index (Phi) is 18.1. The van der Waals surface area contributed by atoms with E-state index in [2.05, 4.69) is 0 Å². The van der Waals surface area contributed by atoms with Crippen LogP contribution < -0.4 is 0 Å². The highest BCUT2D eigenvalue weighted by atomic mass is 16.5. The summed E-state index contributed by atoms with van der Waals surface area (Å²) in [6.07, 6.45) is 2.77. The highest BCUT2D eigenvalue weighted by Gasteiger charge is 2.21. The molecule has 0 aromatic heterocycles. The molecule has 0 fully saturated rings. The van der Waals surface area contributed by atoms with E-state index in [0.29, 0.717) is 52.1 Å². The van der Waals surface area contributed by atoms with Gasteiger partial charge in [-0.1, -0.05) is 27.7 Å². The summed E-state index contributed by atoms with van der Waals surface area (Å²) >= 11 is 0. The molecule has 0 spiro atoms. The lowest BCUT2D eigenvalue weighted by atomic mass is 10.3. The maximum Gasteiger partial charge on any atom is 0.320 e. The molecule has 32 heavy (non-hydrogen) atoms. The summed E-state index contributed by atoms with van der Waals surface area (Å²) in [6, 6.07) is 0. The zero-order valence-electron chi connectivity index (χ0n) is 20.1. The van der Waals surface area contributed by atoms with Gasteiger partial charge in [-0.15, -0.1) is 0 Å². The Morgan fingerprint density at radius 1 is 0.469 bits per heavy atom. The van der Waals surface area contributed by atoms with Crippen LogP contribution in [-0.2, 0) is 38.1 Å². The molecule has 0 saturated heterocycles. The highest BCUT2D eigenvalue weighted by Crippen LogP contribution is 1.99. The normalized spacial score (nSPS) is 10.8. The van der Waals surface area contributed by atoms with Gasteiger partial charge >= 0.3 is 23.9 Å². The molecule has 0 aliphatic rings. The van der Waals surface area contributed by atoms with Crippen molar-refractivity contribution in [3.8, 4) is 0 Å². The van der Waals surface area contributed by atoms with Crippen LogP contribution in [0.2, 0.25) is 0 Å². The fourth-order valence-electron chi connectivity index (χ4n) is 2.49. The Hall–Kier alpha value is -2.20. The van der Waals surface area contributed by atoms with Crippen molar-refractivity contribution in [1.29, 1.82) is 0 Å². The molecule has 0 bridgehead atoms. The van der Waals surface area contributed by atoms with Crippen LogP contribution in [0.15, 0.2) is 0 Å². The van der Waals surface area contributed by atoms with Gasteiger partial charge in [0, 0.05) is 13.1 Å². The molecule has 0 aliphatic heterocycles. The standard InChI is InChI=1S/C22H40N2O8/c1-5-11-29-19(25)15-23(16-20(26)30-12-6-2)9-10-24(17-21(27)31-13-7-3)18-22(28)32-14-8-4/h5-18H2,1-4H3. The zero-order valence-corrected chi connectivity index (χ0v) is 20.1. The molecular formula is C22H40N2O8. The van der Waals surface area contributed by atoms with Gasteiger partial charge in [-0.2, -0.15) is 0 Å². The van der Waals surface area contributed by atoms with E-state index in [4.69, 9.17) is 18.9 Å². The molecule has 0 saturated carbocycles. The van der Waals surface area contributed by atoms with Crippen molar-refractivity contribution in [3.05, 3.63) is 0 Å². The van der Waals surface area contributed by atoms with Crippen LogP contribution in [0.25, 0.3) is 0 Å². The molecule has 0 amide bonds. The van der Waals surface area contributed by atoms with Crippen LogP contribution >= 0.6 is 0 Å². The Morgan fingerprint density at radius 3 is 0.875 bits per heavy atom. The summed E-state index contributed by atoms with van der Waals surface area (Å²) in [6.45, 7) is 8.82. The smallest absolute Gasteiger partial charge is 0.320 e. The lowest BCUT2D eigenvalue weighted by Gasteiger charge is -2.25. The molecule has 0 radical (unpaired) electrons. The van der Waals surface area contributed by atoms with E-state index in [-0.39, 0.29) is 39.3 Å². The fourth-order valence-corrected chi connectivity index (χ4v) is 2.49. The number of hydrogen-bond donors (Lipinski definition) is 0. The maximum absolute atomic E-state index is 12.1. The minimum Gasteiger partial charge on any atom is -0.465 e. The number of carbonyl (C=O) groups is 4. The molecule has 0 aromatic carbocycles. The Labute approximate surface area is 191 Å². The molecule has 186 valence electrons. The highest BCUT2D eigenvalue weighted by molar-refractivity contribution is 5.75. The van der Waals surface area contributed by atoms with E-state index < -0.39 is 23.9 Å². The minimum atomic E-state index is -0.452. The second kappa shape index (κ2) is 19.5. The van der Waals surface area contributed by atoms with Crippen molar-refractivity contribution < 1.29 is 38.1 Å². The molecule has 10 heteroatoms.